The zero-order valence-electron chi connectivity index (χ0n) is 34.7. The summed E-state index contributed by atoms with van der Waals surface area (Å²) in [5.74, 6) is 0. The Labute approximate surface area is 370 Å². The van der Waals surface area contributed by atoms with Crippen LogP contribution in [0, 0.1) is 0 Å². The summed E-state index contributed by atoms with van der Waals surface area (Å²) in [6.07, 6.45) is 0. The first-order valence-corrected chi connectivity index (χ1v) is 22.1. The Kier molecular flexibility index (Phi) is 7.32. The molecule has 0 saturated carbocycles. The second-order valence-corrected chi connectivity index (χ2v) is 17.1. The molecule has 0 saturated heterocycles. The second kappa shape index (κ2) is 13.3. The Hall–Kier alpha value is -8.40. The number of fused-ring (bicyclic) bond motifs is 17. The van der Waals surface area contributed by atoms with Gasteiger partial charge in [0.25, 0.3) is 0 Å². The van der Waals surface area contributed by atoms with Gasteiger partial charge in [-0.15, -0.1) is 0 Å². The molecule has 0 atom stereocenters. The van der Waals surface area contributed by atoms with Crippen LogP contribution in [0.15, 0.2) is 235 Å². The predicted molar refractivity (Wildman–Crippen MR) is 264 cm³/mol. The van der Waals surface area contributed by atoms with E-state index in [-0.39, 0.29) is 0 Å². The number of hydrogen-bond acceptors (Lipinski definition) is 2. The first-order chi connectivity index (χ1) is 31.8. The van der Waals surface area contributed by atoms with Crippen LogP contribution in [0.25, 0.3) is 82.8 Å². The number of para-hydroxylation sites is 2. The van der Waals surface area contributed by atoms with Crippen molar-refractivity contribution in [3.05, 3.63) is 253 Å². The van der Waals surface area contributed by atoms with Crippen LogP contribution in [0.3, 0.4) is 0 Å². The van der Waals surface area contributed by atoms with Crippen LogP contribution < -0.4 is 4.90 Å². The summed E-state index contributed by atoms with van der Waals surface area (Å²) in [5, 5.41) is 4.57. The Morgan fingerprint density at radius 1 is 0.391 bits per heavy atom. The lowest BCUT2D eigenvalue weighted by Gasteiger charge is -2.32. The van der Waals surface area contributed by atoms with E-state index in [4.69, 9.17) is 4.42 Å². The van der Waals surface area contributed by atoms with Crippen LogP contribution in [0.4, 0.5) is 17.1 Å². The van der Waals surface area contributed by atoms with Crippen molar-refractivity contribution in [2.24, 2.45) is 0 Å². The number of nitrogens with zero attached hydrogens (tertiary/aromatic N) is 2. The van der Waals surface area contributed by atoms with Crippen LogP contribution in [0.1, 0.15) is 22.3 Å². The summed E-state index contributed by atoms with van der Waals surface area (Å²) in [6, 6.07) is 84.5. The molecule has 3 heteroatoms. The van der Waals surface area contributed by atoms with Gasteiger partial charge in [-0.1, -0.05) is 176 Å². The lowest BCUT2D eigenvalue weighted by molar-refractivity contribution is 0.671. The molecule has 0 radical (unpaired) electrons. The van der Waals surface area contributed by atoms with E-state index < -0.39 is 5.41 Å². The van der Waals surface area contributed by atoms with E-state index >= 15 is 0 Å². The number of benzene rings is 10. The molecular weight excluding hydrogens is 777 g/mol. The zero-order valence-corrected chi connectivity index (χ0v) is 34.7. The molecular formula is C61H38N2O. The Morgan fingerprint density at radius 3 is 1.75 bits per heavy atom. The lowest BCUT2D eigenvalue weighted by Crippen LogP contribution is -2.26. The van der Waals surface area contributed by atoms with Gasteiger partial charge in [0.1, 0.15) is 5.58 Å². The highest BCUT2D eigenvalue weighted by atomic mass is 16.3. The van der Waals surface area contributed by atoms with Gasteiger partial charge in [-0.3, -0.25) is 0 Å². The summed E-state index contributed by atoms with van der Waals surface area (Å²) in [7, 11) is 0. The molecule has 0 fully saturated rings. The number of anilines is 3. The van der Waals surface area contributed by atoms with Crippen molar-refractivity contribution >= 4 is 60.8 Å². The molecule has 0 amide bonds. The summed E-state index contributed by atoms with van der Waals surface area (Å²) in [6.45, 7) is 0. The van der Waals surface area contributed by atoms with Crippen molar-refractivity contribution in [2.75, 3.05) is 4.90 Å². The van der Waals surface area contributed by atoms with E-state index in [0.29, 0.717) is 0 Å². The maximum atomic E-state index is 6.78. The van der Waals surface area contributed by atoms with E-state index in [9.17, 15) is 0 Å². The predicted octanol–water partition coefficient (Wildman–Crippen LogP) is 16.2. The first-order valence-electron chi connectivity index (χ1n) is 22.1. The normalized spacial score (nSPS) is 13.1. The summed E-state index contributed by atoms with van der Waals surface area (Å²) in [4.78, 5) is 2.50. The Balaban J connectivity index is 1.08. The fourth-order valence-corrected chi connectivity index (χ4v) is 11.4. The van der Waals surface area contributed by atoms with Crippen molar-refractivity contribution in [3.63, 3.8) is 0 Å². The topological polar surface area (TPSA) is 21.3 Å². The molecule has 2 heterocycles. The minimum atomic E-state index is -0.464. The second-order valence-electron chi connectivity index (χ2n) is 17.1. The van der Waals surface area contributed by atoms with Gasteiger partial charge in [0.05, 0.1) is 22.1 Å². The SMILES string of the molecule is c1ccc(-c2cccc(N(c3ccc4c5ccc6c7ccccc7oc6c5n(-c5ccccc5)c4c3)c3cccc4c3-c3ccccc3C43c4ccccc4-c4ccccc43)c2)cc1. The molecule has 2 aliphatic rings. The van der Waals surface area contributed by atoms with Crippen LogP contribution in [0.2, 0.25) is 0 Å². The lowest BCUT2D eigenvalue weighted by atomic mass is 9.70. The molecule has 298 valence electrons. The Bertz CT molecular complexity index is 3810. The highest BCUT2D eigenvalue weighted by molar-refractivity contribution is 6.22. The number of hydrogen-bond donors (Lipinski definition) is 0. The molecule has 0 bridgehead atoms. The van der Waals surface area contributed by atoms with E-state index in [0.717, 1.165) is 66.7 Å². The first kappa shape index (κ1) is 35.2. The summed E-state index contributed by atoms with van der Waals surface area (Å²) in [5.41, 5.74) is 20.6. The van der Waals surface area contributed by atoms with Crippen LogP contribution >= 0.6 is 0 Å². The standard InChI is InChI=1S/C61H38N2O/c1-3-17-39(18-4-1)40-19-15-22-42(37-40)62(55-31-16-30-54-58(55)50-26-9-13-29-53(50)61(54)51-27-11-7-23-44(51)45-24-8-12-28-52(45)61)43-33-34-46-48-35-36-49-47-25-10-14-32-57(47)64-60(49)59(48)63(56(46)38-43)41-20-5-2-6-21-41/h1-38H. The molecule has 3 nitrogen and oxygen atoms in total. The quantitative estimate of drug-likeness (QED) is 0.173. The number of furan rings is 1. The van der Waals surface area contributed by atoms with Gasteiger partial charge < -0.3 is 13.9 Å². The highest BCUT2D eigenvalue weighted by Gasteiger charge is 2.52. The third kappa shape index (κ3) is 4.70. The van der Waals surface area contributed by atoms with E-state index in [1.54, 1.807) is 0 Å². The van der Waals surface area contributed by atoms with Gasteiger partial charge in [-0.2, -0.15) is 0 Å². The van der Waals surface area contributed by atoms with E-state index in [2.05, 4.69) is 234 Å². The van der Waals surface area contributed by atoms with Gasteiger partial charge in [-0.25, -0.2) is 0 Å². The van der Waals surface area contributed by atoms with Gasteiger partial charge in [0, 0.05) is 44.2 Å². The fraction of sp³-hybridized carbons (Fsp3) is 0.0164. The molecule has 12 aromatic rings. The molecule has 2 aliphatic carbocycles. The molecule has 1 spiro atoms. The third-order valence-electron chi connectivity index (χ3n) is 14.0. The molecule has 64 heavy (non-hydrogen) atoms. The molecule has 0 unspecified atom stereocenters. The van der Waals surface area contributed by atoms with Gasteiger partial charge in [0.15, 0.2) is 5.58 Å². The Morgan fingerprint density at radius 2 is 0.969 bits per heavy atom. The largest absolute Gasteiger partial charge is 0.454 e. The number of rotatable bonds is 5. The molecule has 10 aromatic carbocycles. The zero-order chi connectivity index (χ0) is 41.9. The maximum absolute atomic E-state index is 6.78. The summed E-state index contributed by atoms with van der Waals surface area (Å²) >= 11 is 0. The third-order valence-corrected chi connectivity index (χ3v) is 14.0. The van der Waals surface area contributed by atoms with Crippen LogP contribution in [0.5, 0.6) is 0 Å². The smallest absolute Gasteiger partial charge is 0.160 e. The molecule has 0 aliphatic heterocycles. The minimum absolute atomic E-state index is 0.464. The average molecular weight is 815 g/mol. The van der Waals surface area contributed by atoms with E-state index in [1.807, 2.05) is 6.07 Å². The van der Waals surface area contributed by atoms with Gasteiger partial charge in [-0.05, 0) is 105 Å². The maximum Gasteiger partial charge on any atom is 0.160 e. The summed E-state index contributed by atoms with van der Waals surface area (Å²) < 4.78 is 9.18. The monoisotopic (exact) mass is 814 g/mol. The number of aromatic nitrogens is 1. The van der Waals surface area contributed by atoms with Gasteiger partial charge in [0.2, 0.25) is 0 Å². The van der Waals surface area contributed by atoms with Gasteiger partial charge >= 0.3 is 0 Å². The van der Waals surface area contributed by atoms with Crippen molar-refractivity contribution < 1.29 is 4.42 Å². The molecule has 2 aromatic heterocycles. The van der Waals surface area contributed by atoms with Crippen molar-refractivity contribution in [1.82, 2.24) is 4.57 Å². The van der Waals surface area contributed by atoms with Crippen molar-refractivity contribution in [2.45, 2.75) is 5.41 Å². The van der Waals surface area contributed by atoms with Crippen molar-refractivity contribution in [1.29, 1.82) is 0 Å². The highest BCUT2D eigenvalue weighted by Crippen LogP contribution is 2.64. The average Bonchev–Trinajstić information content (AvgIpc) is 4.09. The van der Waals surface area contributed by atoms with Crippen LogP contribution in [-0.4, -0.2) is 4.57 Å². The molecule has 14 rings (SSSR count). The molecule has 0 N–H and O–H groups in total. The van der Waals surface area contributed by atoms with Crippen molar-refractivity contribution in [3.8, 4) is 39.1 Å². The fourth-order valence-electron chi connectivity index (χ4n) is 11.4. The van der Waals surface area contributed by atoms with Crippen LogP contribution in [-0.2, 0) is 5.41 Å². The minimum Gasteiger partial charge on any atom is -0.454 e. The van der Waals surface area contributed by atoms with E-state index in [1.165, 1.54) is 55.5 Å².